The van der Waals surface area contributed by atoms with E-state index in [0.29, 0.717) is 5.75 Å². The van der Waals surface area contributed by atoms with Gasteiger partial charge in [0.15, 0.2) is 0 Å². The topological polar surface area (TPSA) is 58.2 Å². The van der Waals surface area contributed by atoms with Crippen molar-refractivity contribution < 1.29 is 14.6 Å². The fourth-order valence-corrected chi connectivity index (χ4v) is 1.30. The maximum atomic E-state index is 11.5. The molecule has 2 aromatic rings. The van der Waals surface area contributed by atoms with E-state index < -0.39 is 6.09 Å². The van der Waals surface area contributed by atoms with Gasteiger partial charge in [-0.15, -0.1) is 0 Å². The Morgan fingerprint density at radius 2 is 1.59 bits per heavy atom. The lowest BCUT2D eigenvalue weighted by atomic mass is 10.3. The van der Waals surface area contributed by atoms with Crippen LogP contribution in [0.3, 0.4) is 0 Å². The highest BCUT2D eigenvalue weighted by Gasteiger charge is 2.08. The summed E-state index contributed by atoms with van der Waals surface area (Å²) in [5.74, 6) is 0.172. The van der Waals surface area contributed by atoms with Gasteiger partial charge in [-0.3, -0.25) is 10.4 Å². The fraction of sp³-hybridized carbons (Fsp3) is 0. The van der Waals surface area contributed by atoms with Gasteiger partial charge in [0.2, 0.25) is 5.75 Å². The summed E-state index contributed by atoms with van der Waals surface area (Å²) in [6.45, 7) is 0. The minimum Gasteiger partial charge on any atom is -0.410 e. The Kier molecular flexibility index (Phi) is 3.25. The van der Waals surface area contributed by atoms with E-state index >= 15 is 0 Å². The molecule has 0 fully saturated rings. The molecule has 4 heteroatoms. The molecule has 0 bridgehead atoms. The third kappa shape index (κ3) is 2.98. The van der Waals surface area contributed by atoms with E-state index in [1.807, 2.05) is 6.07 Å². The van der Waals surface area contributed by atoms with Crippen molar-refractivity contribution in [3.05, 3.63) is 54.6 Å². The van der Waals surface area contributed by atoms with E-state index in [9.17, 15) is 9.90 Å². The molecule has 0 spiro atoms. The average Bonchev–Trinajstić information content (AvgIpc) is 2.33. The Morgan fingerprint density at radius 3 is 2.29 bits per heavy atom. The van der Waals surface area contributed by atoms with Crippen LogP contribution in [0, 0.1) is 0 Å². The van der Waals surface area contributed by atoms with Crippen LogP contribution in [0.15, 0.2) is 54.6 Å². The van der Waals surface area contributed by atoms with Gasteiger partial charge in [0.1, 0.15) is 5.75 Å². The van der Waals surface area contributed by atoms with E-state index in [-0.39, 0.29) is 11.4 Å². The number of ether oxygens (including phenoxy) is 1. The number of hydrogen-bond acceptors (Lipinski definition) is 2. The van der Waals surface area contributed by atoms with Gasteiger partial charge < -0.3 is 4.74 Å². The SMILES string of the molecule is [O]c1ccccc1NC(=O)Oc1ccccc1. The van der Waals surface area contributed by atoms with Crippen molar-refractivity contribution in [2.75, 3.05) is 5.32 Å². The molecule has 0 saturated carbocycles. The van der Waals surface area contributed by atoms with Gasteiger partial charge in [0.25, 0.3) is 0 Å². The van der Waals surface area contributed by atoms with Gasteiger partial charge in [0, 0.05) is 0 Å². The standard InChI is InChI=1S/C13H10NO3/c15-12-9-5-4-8-11(12)14-13(16)17-10-6-2-1-3-7-10/h1-9H,(H,14,16). The van der Waals surface area contributed by atoms with Crippen LogP contribution in [0.25, 0.3) is 0 Å². The number of carbonyl (C=O) groups is 1. The Labute approximate surface area is 98.5 Å². The summed E-state index contributed by atoms with van der Waals surface area (Å²) >= 11 is 0. The van der Waals surface area contributed by atoms with E-state index in [1.165, 1.54) is 12.1 Å². The molecule has 1 N–H and O–H groups in total. The molecule has 0 aromatic heterocycles. The van der Waals surface area contributed by atoms with Crippen LogP contribution in [0.2, 0.25) is 0 Å². The van der Waals surface area contributed by atoms with E-state index in [0.717, 1.165) is 0 Å². The predicted molar refractivity (Wildman–Crippen MR) is 62.7 cm³/mol. The Hall–Kier alpha value is -2.49. The molecule has 0 aliphatic heterocycles. The van der Waals surface area contributed by atoms with Gasteiger partial charge in [0.05, 0.1) is 5.69 Å². The second-order valence-corrected chi connectivity index (χ2v) is 3.32. The Balaban J connectivity index is 2.01. The third-order valence-electron chi connectivity index (χ3n) is 2.08. The summed E-state index contributed by atoms with van der Waals surface area (Å²) in [5.41, 5.74) is 0.202. The highest BCUT2D eigenvalue weighted by atomic mass is 16.6. The molecule has 0 aliphatic rings. The number of carbonyl (C=O) groups excluding carboxylic acids is 1. The first-order valence-electron chi connectivity index (χ1n) is 5.05. The van der Waals surface area contributed by atoms with Gasteiger partial charge >= 0.3 is 6.09 Å². The summed E-state index contributed by atoms with van der Waals surface area (Å²) in [6, 6.07) is 14.8. The molecule has 2 aromatic carbocycles. The number of benzene rings is 2. The first-order chi connectivity index (χ1) is 8.25. The molecule has 2 rings (SSSR count). The van der Waals surface area contributed by atoms with Crippen molar-refractivity contribution >= 4 is 11.8 Å². The highest BCUT2D eigenvalue weighted by molar-refractivity contribution is 5.87. The number of anilines is 1. The van der Waals surface area contributed by atoms with Crippen LogP contribution in [-0.2, 0) is 5.11 Å². The van der Waals surface area contributed by atoms with Crippen LogP contribution in [-0.4, -0.2) is 6.09 Å². The summed E-state index contributed by atoms with van der Waals surface area (Å²) in [7, 11) is 0. The molecule has 0 unspecified atom stereocenters. The predicted octanol–water partition coefficient (Wildman–Crippen LogP) is 3.44. The lowest BCUT2D eigenvalue weighted by Crippen LogP contribution is -2.16. The molecular formula is C13H10NO3. The van der Waals surface area contributed by atoms with Crippen LogP contribution < -0.4 is 10.1 Å². The smallest absolute Gasteiger partial charge is 0.410 e. The first-order valence-corrected chi connectivity index (χ1v) is 5.05. The molecule has 4 nitrogen and oxygen atoms in total. The number of nitrogens with one attached hydrogen (secondary N) is 1. The maximum absolute atomic E-state index is 11.5. The van der Waals surface area contributed by atoms with E-state index in [1.54, 1.807) is 36.4 Å². The molecular weight excluding hydrogens is 218 g/mol. The monoisotopic (exact) mass is 228 g/mol. The van der Waals surface area contributed by atoms with Crippen LogP contribution in [0.1, 0.15) is 0 Å². The van der Waals surface area contributed by atoms with Crippen molar-refractivity contribution in [3.63, 3.8) is 0 Å². The average molecular weight is 228 g/mol. The summed E-state index contributed by atoms with van der Waals surface area (Å²) in [6.07, 6.45) is -0.681. The van der Waals surface area contributed by atoms with Gasteiger partial charge in [-0.2, -0.15) is 0 Å². The number of amides is 1. The van der Waals surface area contributed by atoms with E-state index in [4.69, 9.17) is 4.74 Å². The second kappa shape index (κ2) is 5.03. The van der Waals surface area contributed by atoms with Crippen molar-refractivity contribution in [3.8, 4) is 11.5 Å². The molecule has 1 radical (unpaired) electrons. The zero-order valence-electron chi connectivity index (χ0n) is 8.92. The summed E-state index contributed by atoms with van der Waals surface area (Å²) < 4.78 is 4.98. The van der Waals surface area contributed by atoms with Gasteiger partial charge in [-0.25, -0.2) is 4.79 Å². The number of para-hydroxylation sites is 3. The summed E-state index contributed by atoms with van der Waals surface area (Å²) in [5, 5.41) is 13.7. The molecule has 0 aliphatic carbocycles. The highest BCUT2D eigenvalue weighted by Crippen LogP contribution is 2.22. The Bertz CT molecular complexity index is 511. The molecule has 17 heavy (non-hydrogen) atoms. The second-order valence-electron chi connectivity index (χ2n) is 3.32. The van der Waals surface area contributed by atoms with Crippen molar-refractivity contribution in [1.29, 1.82) is 0 Å². The van der Waals surface area contributed by atoms with Crippen LogP contribution >= 0.6 is 0 Å². The van der Waals surface area contributed by atoms with Crippen molar-refractivity contribution in [2.24, 2.45) is 0 Å². The van der Waals surface area contributed by atoms with Crippen molar-refractivity contribution in [1.82, 2.24) is 0 Å². The minimum absolute atomic E-state index is 0.202. The normalized spacial score (nSPS) is 9.65. The number of rotatable bonds is 2. The van der Waals surface area contributed by atoms with Crippen LogP contribution in [0.4, 0.5) is 10.5 Å². The van der Waals surface area contributed by atoms with Crippen LogP contribution in [0.5, 0.6) is 11.5 Å². The summed E-state index contributed by atoms with van der Waals surface area (Å²) in [4.78, 5) is 11.5. The quantitative estimate of drug-likeness (QED) is 0.855. The fourth-order valence-electron chi connectivity index (χ4n) is 1.30. The lowest BCUT2D eigenvalue weighted by molar-refractivity contribution is 0.215. The van der Waals surface area contributed by atoms with Gasteiger partial charge in [-0.1, -0.05) is 30.3 Å². The van der Waals surface area contributed by atoms with E-state index in [2.05, 4.69) is 5.32 Å². The molecule has 0 saturated heterocycles. The number of hydrogen-bond donors (Lipinski definition) is 1. The molecule has 85 valence electrons. The molecule has 1 amide bonds. The Morgan fingerprint density at radius 1 is 0.941 bits per heavy atom. The molecule has 0 atom stereocenters. The van der Waals surface area contributed by atoms with Crippen molar-refractivity contribution in [2.45, 2.75) is 0 Å². The minimum atomic E-state index is -0.681. The first kappa shape index (κ1) is 11.0. The zero-order chi connectivity index (χ0) is 12.1. The maximum Gasteiger partial charge on any atom is 0.417 e. The third-order valence-corrected chi connectivity index (χ3v) is 2.08. The van der Waals surface area contributed by atoms with Gasteiger partial charge in [-0.05, 0) is 24.3 Å². The molecule has 0 heterocycles. The zero-order valence-corrected chi connectivity index (χ0v) is 8.92. The largest absolute Gasteiger partial charge is 0.417 e. The lowest BCUT2D eigenvalue weighted by Gasteiger charge is -2.06.